The fourth-order valence-corrected chi connectivity index (χ4v) is 1.37. The van der Waals surface area contributed by atoms with Crippen LogP contribution in [0.2, 0.25) is 0 Å². The minimum Gasteiger partial charge on any atom is -0.478 e. The summed E-state index contributed by atoms with van der Waals surface area (Å²) in [5.74, 6) is -0.864. The second-order valence-corrected chi connectivity index (χ2v) is 3.54. The third kappa shape index (κ3) is 5.91. The third-order valence-electron chi connectivity index (χ3n) is 2.35. The van der Waals surface area contributed by atoms with E-state index in [0.717, 1.165) is 18.4 Å². The lowest BCUT2D eigenvalue weighted by molar-refractivity contribution is -0.132. The van der Waals surface area contributed by atoms with Crippen LogP contribution < -0.4 is 0 Å². The van der Waals surface area contributed by atoms with Crippen LogP contribution in [0.1, 0.15) is 40.5 Å². The second kappa shape index (κ2) is 8.57. The second-order valence-electron chi connectivity index (χ2n) is 3.54. The molecule has 0 aliphatic heterocycles. The Balaban J connectivity index is 0.00000121. The predicted octanol–water partition coefficient (Wildman–Crippen LogP) is 4.27. The maximum atomic E-state index is 10.6. The van der Waals surface area contributed by atoms with Crippen LogP contribution in [0.25, 0.3) is 0 Å². The van der Waals surface area contributed by atoms with Gasteiger partial charge in [0.05, 0.1) is 0 Å². The van der Waals surface area contributed by atoms with Crippen LogP contribution >= 0.6 is 0 Å². The maximum absolute atomic E-state index is 10.6. The quantitative estimate of drug-likeness (QED) is 0.740. The molecule has 94 valence electrons. The summed E-state index contributed by atoms with van der Waals surface area (Å²) in [6, 6.07) is 0. The van der Waals surface area contributed by atoms with E-state index >= 15 is 0 Å². The highest BCUT2D eigenvalue weighted by molar-refractivity contribution is 5.86. The fraction of sp³-hybridized carbons (Fsp3) is 0.400. The number of carboxylic acid groups (broad SMARTS) is 1. The first-order valence-corrected chi connectivity index (χ1v) is 6.12. The van der Waals surface area contributed by atoms with E-state index in [4.69, 9.17) is 5.11 Å². The molecule has 0 heterocycles. The molecule has 17 heavy (non-hydrogen) atoms. The van der Waals surface area contributed by atoms with Crippen LogP contribution in [-0.2, 0) is 4.79 Å². The van der Waals surface area contributed by atoms with Gasteiger partial charge >= 0.3 is 5.97 Å². The molecule has 0 atom stereocenters. The van der Waals surface area contributed by atoms with E-state index in [9.17, 15) is 4.79 Å². The number of hydrogen-bond acceptors (Lipinski definition) is 1. The molecule has 0 aromatic heterocycles. The molecule has 0 amide bonds. The average molecular weight is 234 g/mol. The molecule has 0 saturated carbocycles. The van der Waals surface area contributed by atoms with Crippen molar-refractivity contribution < 1.29 is 9.90 Å². The first kappa shape index (κ1) is 15.4. The van der Waals surface area contributed by atoms with Crippen molar-refractivity contribution in [3.63, 3.8) is 0 Å². The normalized spacial score (nSPS) is 15.2. The van der Waals surface area contributed by atoms with Gasteiger partial charge in [-0.05, 0) is 31.4 Å². The van der Waals surface area contributed by atoms with Crippen LogP contribution in [0.15, 0.2) is 47.1 Å². The van der Waals surface area contributed by atoms with E-state index in [1.54, 1.807) is 13.0 Å². The van der Waals surface area contributed by atoms with Crippen LogP contribution in [0, 0.1) is 0 Å². The first-order chi connectivity index (χ1) is 8.13. The minimum absolute atomic E-state index is 0.367. The van der Waals surface area contributed by atoms with Crippen molar-refractivity contribution in [3.05, 3.63) is 47.1 Å². The zero-order valence-corrected chi connectivity index (χ0v) is 11.2. The molecule has 0 saturated heterocycles. The summed E-state index contributed by atoms with van der Waals surface area (Å²) in [7, 11) is 0. The minimum atomic E-state index is -0.864. The van der Waals surface area contributed by atoms with E-state index in [-0.39, 0.29) is 0 Å². The molecule has 1 aliphatic rings. The van der Waals surface area contributed by atoms with E-state index in [2.05, 4.69) is 13.0 Å². The van der Waals surface area contributed by atoms with E-state index in [0.29, 0.717) is 5.57 Å². The summed E-state index contributed by atoms with van der Waals surface area (Å²) in [6.45, 7) is 7.72. The smallest absolute Gasteiger partial charge is 0.331 e. The molecule has 1 rings (SSSR count). The molecule has 0 bridgehead atoms. The summed E-state index contributed by atoms with van der Waals surface area (Å²) >= 11 is 0. The van der Waals surface area contributed by atoms with E-state index in [1.807, 2.05) is 32.1 Å². The third-order valence-corrected chi connectivity index (χ3v) is 2.35. The van der Waals surface area contributed by atoms with Gasteiger partial charge in [0.25, 0.3) is 0 Å². The van der Waals surface area contributed by atoms with Crippen molar-refractivity contribution in [3.8, 4) is 0 Å². The van der Waals surface area contributed by atoms with Gasteiger partial charge < -0.3 is 5.11 Å². The highest BCUT2D eigenvalue weighted by atomic mass is 16.4. The van der Waals surface area contributed by atoms with Crippen LogP contribution in [0.4, 0.5) is 0 Å². The lowest BCUT2D eigenvalue weighted by atomic mass is 10.1. The number of carbonyl (C=O) groups is 1. The van der Waals surface area contributed by atoms with Gasteiger partial charge in [-0.2, -0.15) is 0 Å². The van der Waals surface area contributed by atoms with Crippen LogP contribution in [0.3, 0.4) is 0 Å². The van der Waals surface area contributed by atoms with Crippen molar-refractivity contribution in [2.75, 3.05) is 0 Å². The number of aliphatic carboxylic acids is 1. The van der Waals surface area contributed by atoms with Gasteiger partial charge in [-0.25, -0.2) is 4.79 Å². The van der Waals surface area contributed by atoms with Gasteiger partial charge in [0.1, 0.15) is 0 Å². The molecule has 1 N–H and O–H groups in total. The van der Waals surface area contributed by atoms with Gasteiger partial charge in [-0.1, -0.05) is 50.6 Å². The molecule has 0 fully saturated rings. The zero-order valence-electron chi connectivity index (χ0n) is 11.2. The summed E-state index contributed by atoms with van der Waals surface area (Å²) in [4.78, 5) is 10.6. The summed E-state index contributed by atoms with van der Waals surface area (Å²) < 4.78 is 0. The van der Waals surface area contributed by atoms with Crippen molar-refractivity contribution in [2.45, 2.75) is 40.5 Å². The molecule has 0 spiro atoms. The van der Waals surface area contributed by atoms with Gasteiger partial charge in [-0.15, -0.1) is 0 Å². The lowest BCUT2D eigenvalue weighted by Crippen LogP contribution is -1.95. The highest BCUT2D eigenvalue weighted by Crippen LogP contribution is 2.15. The Hall–Kier alpha value is -1.57. The molecule has 1 aliphatic carbocycles. The number of hydrogen-bond donors (Lipinski definition) is 1. The SMILES string of the molecule is CC.CCC1=CCC=C(/C=C(\C)C(=O)O)C=C1. The summed E-state index contributed by atoms with van der Waals surface area (Å²) in [6.07, 6.45) is 11.8. The highest BCUT2D eigenvalue weighted by Gasteiger charge is 2.01. The van der Waals surface area contributed by atoms with Gasteiger partial charge in [-0.3, -0.25) is 0 Å². The molecule has 2 nitrogen and oxygen atoms in total. The Morgan fingerprint density at radius 2 is 2.00 bits per heavy atom. The predicted molar refractivity (Wildman–Crippen MR) is 73.0 cm³/mol. The Morgan fingerprint density at radius 1 is 1.35 bits per heavy atom. The van der Waals surface area contributed by atoms with E-state index < -0.39 is 5.97 Å². The van der Waals surface area contributed by atoms with Crippen LogP contribution in [0.5, 0.6) is 0 Å². The largest absolute Gasteiger partial charge is 0.478 e. The van der Waals surface area contributed by atoms with Gasteiger partial charge in [0.15, 0.2) is 0 Å². The number of allylic oxidation sites excluding steroid dienone is 7. The fourth-order valence-electron chi connectivity index (χ4n) is 1.37. The maximum Gasteiger partial charge on any atom is 0.331 e. The topological polar surface area (TPSA) is 37.3 Å². The molecule has 0 aromatic rings. The van der Waals surface area contributed by atoms with E-state index in [1.165, 1.54) is 5.57 Å². The first-order valence-electron chi connectivity index (χ1n) is 6.12. The van der Waals surface area contributed by atoms with Gasteiger partial charge in [0, 0.05) is 5.57 Å². The van der Waals surface area contributed by atoms with Gasteiger partial charge in [0.2, 0.25) is 0 Å². The molecule has 2 heteroatoms. The molecule has 0 aromatic carbocycles. The number of rotatable bonds is 3. The standard InChI is InChI=1S/C13H16O2.C2H6/c1-3-11-5-4-6-12(8-7-11)9-10(2)13(14)15;1-2/h5-9H,3-4H2,1-2H3,(H,14,15);1-2H3/b10-9+;. The summed E-state index contributed by atoms with van der Waals surface area (Å²) in [5.41, 5.74) is 2.63. The summed E-state index contributed by atoms with van der Waals surface area (Å²) in [5, 5.41) is 8.75. The Labute approximate surface area is 104 Å². The zero-order chi connectivity index (χ0) is 13.3. The van der Waals surface area contributed by atoms with Crippen molar-refractivity contribution in [1.82, 2.24) is 0 Å². The van der Waals surface area contributed by atoms with Crippen molar-refractivity contribution in [2.24, 2.45) is 0 Å². The number of carboxylic acids is 1. The Kier molecular flexibility index (Phi) is 7.78. The van der Waals surface area contributed by atoms with Crippen molar-refractivity contribution in [1.29, 1.82) is 0 Å². The molecule has 0 radical (unpaired) electrons. The average Bonchev–Trinajstić information content (AvgIpc) is 2.56. The van der Waals surface area contributed by atoms with Crippen molar-refractivity contribution >= 4 is 5.97 Å². The Bertz CT molecular complexity index is 368. The monoisotopic (exact) mass is 234 g/mol. The lowest BCUT2D eigenvalue weighted by Gasteiger charge is -1.95. The molecular weight excluding hydrogens is 212 g/mol. The van der Waals surface area contributed by atoms with Crippen LogP contribution in [-0.4, -0.2) is 11.1 Å². The molecular formula is C15H22O2. The molecule has 0 unspecified atom stereocenters. The Morgan fingerprint density at radius 3 is 2.53 bits per heavy atom.